The first-order valence-electron chi connectivity index (χ1n) is 9.45. The van der Waals surface area contributed by atoms with Gasteiger partial charge in [0.05, 0.1) is 23.7 Å². The molecule has 0 unspecified atom stereocenters. The van der Waals surface area contributed by atoms with Crippen LogP contribution in [0, 0.1) is 6.92 Å². The average Bonchev–Trinajstić information content (AvgIpc) is 3.18. The summed E-state index contributed by atoms with van der Waals surface area (Å²) < 4.78 is 29.3. The highest BCUT2D eigenvalue weighted by molar-refractivity contribution is 7.91. The number of sulfone groups is 1. The van der Waals surface area contributed by atoms with Crippen LogP contribution >= 0.6 is 23.2 Å². The molecule has 0 saturated carbocycles. The molecule has 1 atom stereocenters. The van der Waals surface area contributed by atoms with Gasteiger partial charge in [-0.05, 0) is 37.1 Å². The van der Waals surface area contributed by atoms with Crippen molar-refractivity contribution in [2.24, 2.45) is 0 Å². The van der Waals surface area contributed by atoms with E-state index in [2.05, 4.69) is 10.4 Å². The van der Waals surface area contributed by atoms with Gasteiger partial charge in [0.15, 0.2) is 16.4 Å². The van der Waals surface area contributed by atoms with Crippen LogP contribution in [0.5, 0.6) is 0 Å². The molecule has 11 heteroatoms. The highest BCUT2D eigenvalue weighted by Crippen LogP contribution is 2.23. The predicted octanol–water partition coefficient (Wildman–Crippen LogP) is 2.41. The van der Waals surface area contributed by atoms with E-state index in [0.29, 0.717) is 34.4 Å². The maximum atomic E-state index is 11.9. The van der Waals surface area contributed by atoms with Crippen LogP contribution < -0.4 is 5.32 Å². The Morgan fingerprint density at radius 2 is 2.00 bits per heavy atom. The molecule has 1 N–H and O–H groups in total. The van der Waals surface area contributed by atoms with E-state index in [1.807, 2.05) is 12.1 Å². The van der Waals surface area contributed by atoms with Crippen molar-refractivity contribution in [3.05, 3.63) is 57.3 Å². The summed E-state index contributed by atoms with van der Waals surface area (Å²) in [6, 6.07) is 6.85. The van der Waals surface area contributed by atoms with E-state index >= 15 is 0 Å². The van der Waals surface area contributed by atoms with E-state index in [1.165, 1.54) is 6.08 Å². The van der Waals surface area contributed by atoms with Crippen molar-refractivity contribution in [3.63, 3.8) is 0 Å². The lowest BCUT2D eigenvalue weighted by Crippen LogP contribution is -2.38. The van der Waals surface area contributed by atoms with Crippen LogP contribution in [0.25, 0.3) is 6.08 Å². The first-order chi connectivity index (χ1) is 14.6. The van der Waals surface area contributed by atoms with Crippen molar-refractivity contribution in [2.75, 3.05) is 18.1 Å². The summed E-state index contributed by atoms with van der Waals surface area (Å²) in [5, 5.41) is 7.93. The first kappa shape index (κ1) is 23.3. The zero-order chi connectivity index (χ0) is 22.6. The summed E-state index contributed by atoms with van der Waals surface area (Å²) in [4.78, 5) is 23.8. The van der Waals surface area contributed by atoms with Crippen molar-refractivity contribution in [1.82, 2.24) is 15.1 Å². The number of esters is 1. The molecular weight excluding hydrogens is 465 g/mol. The highest BCUT2D eigenvalue weighted by Gasteiger charge is 2.29. The molecule has 1 aromatic carbocycles. The Bertz CT molecular complexity index is 1110. The van der Waals surface area contributed by atoms with Gasteiger partial charge in [-0.15, -0.1) is 0 Å². The maximum absolute atomic E-state index is 11.9. The molecule has 0 spiro atoms. The lowest BCUT2D eigenvalue weighted by atomic mass is 10.2. The number of halogens is 2. The number of carbonyl (C=O) groups is 2. The van der Waals surface area contributed by atoms with E-state index in [9.17, 15) is 18.0 Å². The number of amides is 1. The van der Waals surface area contributed by atoms with E-state index in [0.717, 1.165) is 11.6 Å². The minimum atomic E-state index is -3.10. The van der Waals surface area contributed by atoms with E-state index in [1.54, 1.807) is 23.7 Å². The second kappa shape index (κ2) is 9.84. The minimum Gasteiger partial charge on any atom is -0.452 e. The van der Waals surface area contributed by atoms with Crippen molar-refractivity contribution in [3.8, 4) is 0 Å². The number of ether oxygens (including phenoxy) is 1. The monoisotopic (exact) mass is 485 g/mol. The minimum absolute atomic E-state index is 0.0479. The molecule has 1 saturated heterocycles. The van der Waals surface area contributed by atoms with Crippen LogP contribution in [0.3, 0.4) is 0 Å². The molecule has 1 amide bonds. The summed E-state index contributed by atoms with van der Waals surface area (Å²) >= 11 is 12.3. The molecule has 1 aromatic heterocycles. The number of rotatable bonds is 7. The fraction of sp³-hybridized carbons (Fsp3) is 0.350. The zero-order valence-electron chi connectivity index (χ0n) is 16.7. The van der Waals surface area contributed by atoms with E-state index in [-0.39, 0.29) is 11.5 Å². The van der Waals surface area contributed by atoms with E-state index < -0.39 is 34.4 Å². The molecule has 0 aliphatic carbocycles. The SMILES string of the molecule is Cc1nn(Cc2ccc(Cl)cc2)c(Cl)c1/C=C/C(=O)OCC(=O)N[C@@H]1CCS(=O)(=O)C1. The third-order valence-corrected chi connectivity index (χ3v) is 7.10. The van der Waals surface area contributed by atoms with Crippen LogP contribution in [0.1, 0.15) is 23.2 Å². The number of hydrogen-bond acceptors (Lipinski definition) is 6. The quantitative estimate of drug-likeness (QED) is 0.476. The Kier molecular flexibility index (Phi) is 7.40. The Morgan fingerprint density at radius 3 is 2.65 bits per heavy atom. The second-order valence-electron chi connectivity index (χ2n) is 7.18. The predicted molar refractivity (Wildman–Crippen MR) is 118 cm³/mol. The largest absolute Gasteiger partial charge is 0.452 e. The molecule has 3 rings (SSSR count). The maximum Gasteiger partial charge on any atom is 0.331 e. The molecule has 1 aliphatic rings. The number of aromatic nitrogens is 2. The van der Waals surface area contributed by atoms with Gasteiger partial charge in [0.25, 0.3) is 5.91 Å². The summed E-state index contributed by atoms with van der Waals surface area (Å²) in [7, 11) is -3.10. The van der Waals surface area contributed by atoms with Crippen LogP contribution in [0.2, 0.25) is 10.2 Å². The summed E-state index contributed by atoms with van der Waals surface area (Å²) in [6.07, 6.45) is 3.00. The molecule has 166 valence electrons. The van der Waals surface area contributed by atoms with Gasteiger partial charge in [0.2, 0.25) is 0 Å². The fourth-order valence-electron chi connectivity index (χ4n) is 3.14. The van der Waals surface area contributed by atoms with Crippen LogP contribution in [-0.4, -0.2) is 54.2 Å². The highest BCUT2D eigenvalue weighted by atomic mass is 35.5. The van der Waals surface area contributed by atoms with Crippen LogP contribution in [0.4, 0.5) is 0 Å². The van der Waals surface area contributed by atoms with Crippen LogP contribution in [-0.2, 0) is 30.7 Å². The van der Waals surface area contributed by atoms with Crippen LogP contribution in [0.15, 0.2) is 30.3 Å². The third kappa shape index (κ3) is 6.56. The first-order valence-corrected chi connectivity index (χ1v) is 12.0. The normalized spacial score (nSPS) is 17.7. The van der Waals surface area contributed by atoms with Gasteiger partial charge in [0.1, 0.15) is 5.15 Å². The van der Waals surface area contributed by atoms with Gasteiger partial charge in [0, 0.05) is 22.7 Å². The summed E-state index contributed by atoms with van der Waals surface area (Å²) in [5.74, 6) is -1.32. The fourth-order valence-corrected chi connectivity index (χ4v) is 5.24. The van der Waals surface area contributed by atoms with E-state index in [4.69, 9.17) is 27.9 Å². The molecule has 8 nitrogen and oxygen atoms in total. The average molecular weight is 486 g/mol. The Morgan fingerprint density at radius 1 is 1.29 bits per heavy atom. The molecule has 31 heavy (non-hydrogen) atoms. The number of hydrogen-bond donors (Lipinski definition) is 1. The van der Waals surface area contributed by atoms with Crippen molar-refractivity contribution < 1.29 is 22.7 Å². The van der Waals surface area contributed by atoms with Crippen molar-refractivity contribution in [1.29, 1.82) is 0 Å². The topological polar surface area (TPSA) is 107 Å². The molecule has 0 radical (unpaired) electrons. The lowest BCUT2D eigenvalue weighted by molar-refractivity contribution is -0.143. The van der Waals surface area contributed by atoms with Crippen molar-refractivity contribution >= 4 is 51.0 Å². The van der Waals surface area contributed by atoms with Crippen molar-refractivity contribution in [2.45, 2.75) is 25.9 Å². The van der Waals surface area contributed by atoms with Gasteiger partial charge in [-0.1, -0.05) is 35.3 Å². The van der Waals surface area contributed by atoms with Gasteiger partial charge >= 0.3 is 5.97 Å². The molecule has 1 fully saturated rings. The Balaban J connectivity index is 1.53. The molecule has 0 bridgehead atoms. The zero-order valence-corrected chi connectivity index (χ0v) is 19.0. The van der Waals surface area contributed by atoms with Gasteiger partial charge in [-0.25, -0.2) is 17.9 Å². The second-order valence-corrected chi connectivity index (χ2v) is 10.2. The van der Waals surface area contributed by atoms with Gasteiger partial charge in [-0.2, -0.15) is 5.10 Å². The molecule has 2 aromatic rings. The third-order valence-electron chi connectivity index (χ3n) is 4.68. The Hall–Kier alpha value is -2.36. The number of aryl methyl sites for hydroxylation is 1. The number of carbonyl (C=O) groups excluding carboxylic acids is 2. The summed E-state index contributed by atoms with van der Waals surface area (Å²) in [5.41, 5.74) is 2.15. The Labute approximate surface area is 190 Å². The molecule has 2 heterocycles. The number of benzene rings is 1. The summed E-state index contributed by atoms with van der Waals surface area (Å²) in [6.45, 7) is 1.70. The molecular formula is C20H21Cl2N3O5S. The standard InChI is InChI=1S/C20H21Cl2N3O5S/c1-13-17(20(22)25(24-13)10-14-2-4-15(21)5-3-14)6-7-19(27)30-11-18(26)23-16-8-9-31(28,29)12-16/h2-7,16H,8-12H2,1H3,(H,23,26)/b7-6+/t16-/m1/s1. The van der Waals surface area contributed by atoms with Gasteiger partial charge < -0.3 is 10.1 Å². The number of nitrogens with zero attached hydrogens (tertiary/aromatic N) is 2. The lowest BCUT2D eigenvalue weighted by Gasteiger charge is -2.10. The number of nitrogens with one attached hydrogen (secondary N) is 1. The molecule has 1 aliphatic heterocycles. The van der Waals surface area contributed by atoms with Gasteiger partial charge in [-0.3, -0.25) is 4.79 Å². The smallest absolute Gasteiger partial charge is 0.331 e.